The van der Waals surface area contributed by atoms with Crippen molar-refractivity contribution in [1.29, 1.82) is 0 Å². The molecule has 0 heterocycles. The normalized spacial score (nSPS) is 48.4. The number of fused-ring (bicyclic) bond motifs is 5. The second-order valence-electron chi connectivity index (χ2n) is 10.8. The summed E-state index contributed by atoms with van der Waals surface area (Å²) in [7, 11) is 0. The molecule has 0 amide bonds. The summed E-state index contributed by atoms with van der Waals surface area (Å²) in [6.07, 6.45) is 1.24. The minimum atomic E-state index is -2.24. The molecule has 1 N–H and O–H groups in total. The summed E-state index contributed by atoms with van der Waals surface area (Å²) >= 11 is 4.12. The molecule has 0 aromatic carbocycles. The maximum absolute atomic E-state index is 17.2. The van der Waals surface area contributed by atoms with Crippen LogP contribution in [0.5, 0.6) is 0 Å². The fraction of sp³-hybridized carbons (Fsp3) is 0.720. The van der Waals surface area contributed by atoms with Gasteiger partial charge in [-0.05, 0) is 56.3 Å². The molecule has 5 nitrogen and oxygen atoms in total. The predicted octanol–water partition coefficient (Wildman–Crippen LogP) is 4.09. The smallest absolute Gasteiger partial charge is 0.306 e. The van der Waals surface area contributed by atoms with Gasteiger partial charge in [0.1, 0.15) is 6.17 Å². The van der Waals surface area contributed by atoms with Gasteiger partial charge >= 0.3 is 5.97 Å². The summed E-state index contributed by atoms with van der Waals surface area (Å²) in [5, 5.41) is 10.7. The highest BCUT2D eigenvalue weighted by molar-refractivity contribution is 7.96. The third-order valence-corrected chi connectivity index (χ3v) is 9.55. The number of hydrogen-bond donors (Lipinski definition) is 2. The van der Waals surface area contributed by atoms with Crippen molar-refractivity contribution in [1.82, 2.24) is 0 Å². The number of alkyl halides is 2. The van der Waals surface area contributed by atoms with Crippen LogP contribution in [0.2, 0.25) is 0 Å². The standard InChI is InChI=1S/C25H32F2O5S/c1-5-6-20(30)32-25(21(31)33)13(2)9-15-16-11-18(26)17-10-14(28)7-8-22(17,3)24(16,27)19(29)12-23(15,25)4/h7-8,10,13,15-16,18-19,29H,5-6,9,11-12H2,1-4H3,(H,31,33)/t13-,15+,16+,18+,19+,22+,23+,24+,25+/m1/s1. The van der Waals surface area contributed by atoms with Crippen LogP contribution in [0.15, 0.2) is 23.8 Å². The van der Waals surface area contributed by atoms with Crippen LogP contribution in [-0.2, 0) is 19.1 Å². The zero-order chi connectivity index (χ0) is 24.6. The van der Waals surface area contributed by atoms with Crippen LogP contribution in [0.1, 0.15) is 59.8 Å². The molecule has 4 rings (SSSR count). The quantitative estimate of drug-likeness (QED) is 0.466. The number of aliphatic hydroxyl groups is 1. The van der Waals surface area contributed by atoms with Gasteiger partial charge in [-0.3, -0.25) is 14.4 Å². The summed E-state index contributed by atoms with van der Waals surface area (Å²) in [5.41, 5.74) is -6.46. The lowest BCUT2D eigenvalue weighted by molar-refractivity contribution is -0.228. The maximum atomic E-state index is 17.2. The fourth-order valence-electron chi connectivity index (χ4n) is 7.68. The second-order valence-corrected chi connectivity index (χ2v) is 11.2. The van der Waals surface area contributed by atoms with Crippen LogP contribution >= 0.6 is 12.6 Å². The van der Waals surface area contributed by atoms with E-state index in [-0.39, 0.29) is 24.8 Å². The molecule has 0 spiro atoms. The Bertz CT molecular complexity index is 964. The van der Waals surface area contributed by atoms with Crippen LogP contribution in [0.4, 0.5) is 8.78 Å². The van der Waals surface area contributed by atoms with E-state index < -0.39 is 69.0 Å². The van der Waals surface area contributed by atoms with Crippen LogP contribution in [0.25, 0.3) is 0 Å². The van der Waals surface area contributed by atoms with Gasteiger partial charge in [-0.25, -0.2) is 8.78 Å². The number of esters is 1. The van der Waals surface area contributed by atoms with E-state index in [9.17, 15) is 19.5 Å². The highest BCUT2D eigenvalue weighted by Gasteiger charge is 2.77. The van der Waals surface area contributed by atoms with Crippen molar-refractivity contribution in [2.75, 3.05) is 0 Å². The first-order chi connectivity index (χ1) is 15.3. The molecule has 0 aromatic rings. The Hall–Kier alpha value is -1.54. The molecule has 0 aliphatic heterocycles. The predicted molar refractivity (Wildman–Crippen MR) is 121 cm³/mol. The largest absolute Gasteiger partial charge is 0.449 e. The van der Waals surface area contributed by atoms with Gasteiger partial charge in [0.15, 0.2) is 17.1 Å². The van der Waals surface area contributed by atoms with E-state index >= 15 is 8.78 Å². The average Bonchev–Trinajstić information content (AvgIpc) is 2.94. The van der Waals surface area contributed by atoms with Crippen LogP contribution in [0, 0.1) is 28.6 Å². The van der Waals surface area contributed by atoms with E-state index in [4.69, 9.17) is 4.74 Å². The number of rotatable bonds is 4. The Morgan fingerprint density at radius 3 is 2.55 bits per heavy atom. The van der Waals surface area contributed by atoms with E-state index in [1.165, 1.54) is 19.1 Å². The first kappa shape index (κ1) is 24.6. The van der Waals surface area contributed by atoms with Crippen LogP contribution in [0.3, 0.4) is 0 Å². The Morgan fingerprint density at radius 1 is 1.27 bits per heavy atom. The molecule has 3 saturated carbocycles. The minimum absolute atomic E-state index is 0.0494. The maximum Gasteiger partial charge on any atom is 0.306 e. The molecule has 4 aliphatic rings. The second kappa shape index (κ2) is 7.74. The molecule has 0 saturated heterocycles. The molecule has 33 heavy (non-hydrogen) atoms. The van der Waals surface area contributed by atoms with Crippen molar-refractivity contribution in [2.45, 2.75) is 83.3 Å². The highest BCUT2D eigenvalue weighted by atomic mass is 32.1. The number of ether oxygens (including phenoxy) is 1. The Kier molecular flexibility index (Phi) is 5.76. The summed E-state index contributed by atoms with van der Waals surface area (Å²) < 4.78 is 38.5. The van der Waals surface area contributed by atoms with Crippen molar-refractivity contribution < 1.29 is 33.0 Å². The lowest BCUT2D eigenvalue weighted by atomic mass is 9.44. The molecule has 182 valence electrons. The van der Waals surface area contributed by atoms with Crippen molar-refractivity contribution in [3.63, 3.8) is 0 Å². The number of halogens is 2. The van der Waals surface area contributed by atoms with E-state index in [2.05, 4.69) is 12.6 Å². The average molecular weight is 483 g/mol. The SMILES string of the molecule is CCCC(=O)O[C@]1(C(=O)S)[C@H](C)C[C@H]2[C@@H]3C[C@H](F)C4=CC(=O)C=C[C@]4(C)[C@@]3(F)[C@@H](O)C[C@@]21C. The summed E-state index contributed by atoms with van der Waals surface area (Å²) in [6, 6.07) is 0. The van der Waals surface area contributed by atoms with E-state index in [0.29, 0.717) is 12.8 Å². The van der Waals surface area contributed by atoms with Gasteiger partial charge < -0.3 is 9.84 Å². The monoisotopic (exact) mass is 482 g/mol. The fourth-order valence-corrected chi connectivity index (χ4v) is 8.20. The third kappa shape index (κ3) is 2.95. The minimum Gasteiger partial charge on any atom is -0.449 e. The Morgan fingerprint density at radius 2 is 1.94 bits per heavy atom. The summed E-state index contributed by atoms with van der Waals surface area (Å²) in [5.74, 6) is -2.91. The van der Waals surface area contributed by atoms with Gasteiger partial charge in [0.2, 0.25) is 5.12 Å². The van der Waals surface area contributed by atoms with E-state index in [1.807, 2.05) is 6.92 Å². The zero-order valence-corrected chi connectivity index (χ0v) is 20.3. The van der Waals surface area contributed by atoms with E-state index in [0.717, 1.165) is 6.08 Å². The van der Waals surface area contributed by atoms with Crippen LogP contribution < -0.4 is 0 Å². The zero-order valence-electron chi connectivity index (χ0n) is 19.4. The number of allylic oxidation sites excluding steroid dienone is 4. The molecule has 0 unspecified atom stereocenters. The Labute approximate surface area is 198 Å². The first-order valence-corrected chi connectivity index (χ1v) is 12.2. The third-order valence-electron chi connectivity index (χ3n) is 9.22. The van der Waals surface area contributed by atoms with Crippen LogP contribution in [-0.4, -0.2) is 45.5 Å². The molecule has 0 bridgehead atoms. The first-order valence-electron chi connectivity index (χ1n) is 11.7. The molecule has 0 aromatic heterocycles. The number of carbonyl (C=O) groups excluding carboxylic acids is 3. The molecular formula is C25H32F2O5S. The lowest BCUT2D eigenvalue weighted by Gasteiger charge is -2.63. The molecular weight excluding hydrogens is 450 g/mol. The van der Waals surface area contributed by atoms with Gasteiger partial charge in [-0.15, -0.1) is 12.6 Å². The van der Waals surface area contributed by atoms with Crippen molar-refractivity contribution >= 4 is 29.5 Å². The summed E-state index contributed by atoms with van der Waals surface area (Å²) in [4.78, 5) is 37.5. The molecule has 3 fully saturated rings. The van der Waals surface area contributed by atoms with Crippen molar-refractivity contribution in [3.05, 3.63) is 23.8 Å². The topological polar surface area (TPSA) is 80.7 Å². The van der Waals surface area contributed by atoms with Gasteiger partial charge in [0, 0.05) is 29.1 Å². The van der Waals surface area contributed by atoms with Gasteiger partial charge in [-0.1, -0.05) is 26.8 Å². The van der Waals surface area contributed by atoms with Gasteiger partial charge in [0.25, 0.3) is 0 Å². The number of carbonyl (C=O) groups is 3. The highest BCUT2D eigenvalue weighted by Crippen LogP contribution is 2.71. The molecule has 8 heteroatoms. The van der Waals surface area contributed by atoms with Gasteiger partial charge in [-0.2, -0.15) is 0 Å². The number of hydrogen-bond acceptors (Lipinski definition) is 5. The Balaban J connectivity index is 1.85. The molecule has 0 radical (unpaired) electrons. The molecule has 9 atom stereocenters. The van der Waals surface area contributed by atoms with E-state index in [1.54, 1.807) is 13.8 Å². The van der Waals surface area contributed by atoms with Crippen molar-refractivity contribution in [3.8, 4) is 0 Å². The number of thiol groups is 1. The van der Waals surface area contributed by atoms with Crippen molar-refractivity contribution in [2.24, 2.45) is 28.6 Å². The number of ketones is 1. The lowest BCUT2D eigenvalue weighted by Crippen LogP contribution is -2.70. The number of aliphatic hydroxyl groups excluding tert-OH is 1. The van der Waals surface area contributed by atoms with Gasteiger partial charge in [0.05, 0.1) is 6.10 Å². The molecule has 4 aliphatic carbocycles. The summed E-state index contributed by atoms with van der Waals surface area (Å²) in [6.45, 7) is 6.85.